The molecule has 0 aliphatic heterocycles. The molecule has 0 saturated heterocycles. The fraction of sp³-hybridized carbons (Fsp3) is 0.500. The predicted molar refractivity (Wildman–Crippen MR) is 86.6 cm³/mol. The van der Waals surface area contributed by atoms with E-state index in [0.29, 0.717) is 12.5 Å². The van der Waals surface area contributed by atoms with Crippen molar-refractivity contribution in [3.63, 3.8) is 0 Å². The molecule has 0 aliphatic rings. The normalized spacial score (nSPS) is 11.9. The highest BCUT2D eigenvalue weighted by atomic mass is 32.1. The Morgan fingerprint density at radius 2 is 2.29 bits per heavy atom. The largest absolute Gasteiger partial charge is 0.355 e. The lowest BCUT2D eigenvalue weighted by Crippen LogP contribution is -2.38. The van der Waals surface area contributed by atoms with E-state index in [9.17, 15) is 0 Å². The molecule has 2 aromatic rings. The Morgan fingerprint density at radius 1 is 1.43 bits per heavy atom. The average molecular weight is 306 g/mol. The predicted octanol–water partition coefficient (Wildman–Crippen LogP) is 1.83. The minimum Gasteiger partial charge on any atom is -0.355 e. The van der Waals surface area contributed by atoms with Crippen LogP contribution in [0, 0.1) is 0 Å². The van der Waals surface area contributed by atoms with Gasteiger partial charge in [-0.25, -0.2) is 4.98 Å². The van der Waals surface area contributed by atoms with E-state index in [1.165, 1.54) is 0 Å². The van der Waals surface area contributed by atoms with E-state index in [0.717, 1.165) is 29.8 Å². The van der Waals surface area contributed by atoms with Crippen LogP contribution in [0.25, 0.3) is 0 Å². The van der Waals surface area contributed by atoms with Crippen molar-refractivity contribution in [2.45, 2.75) is 32.9 Å². The Kier molecular flexibility index (Phi) is 5.74. The molecule has 6 nitrogen and oxygen atoms in total. The third-order valence-corrected chi connectivity index (χ3v) is 3.85. The summed E-state index contributed by atoms with van der Waals surface area (Å²) in [5, 5.41) is 13.9. The second-order valence-corrected chi connectivity index (χ2v) is 5.89. The maximum Gasteiger partial charge on any atom is 0.191 e. The number of hydrogen-bond donors (Lipinski definition) is 2. The van der Waals surface area contributed by atoms with Crippen LogP contribution in [-0.2, 0) is 13.1 Å². The summed E-state index contributed by atoms with van der Waals surface area (Å²) in [6.45, 7) is 6.59. The van der Waals surface area contributed by atoms with Crippen molar-refractivity contribution in [2.75, 3.05) is 13.6 Å². The number of rotatable bonds is 6. The first-order valence-corrected chi connectivity index (χ1v) is 7.93. The summed E-state index contributed by atoms with van der Waals surface area (Å²) in [7, 11) is 1.77. The van der Waals surface area contributed by atoms with Crippen molar-refractivity contribution in [2.24, 2.45) is 4.99 Å². The van der Waals surface area contributed by atoms with E-state index in [2.05, 4.69) is 44.9 Å². The summed E-state index contributed by atoms with van der Waals surface area (Å²) >= 11 is 1.68. The smallest absolute Gasteiger partial charge is 0.191 e. The Morgan fingerprint density at radius 3 is 2.90 bits per heavy atom. The lowest BCUT2D eigenvalue weighted by atomic mass is 10.2. The highest BCUT2D eigenvalue weighted by Gasteiger charge is 2.06. The molecule has 2 N–H and O–H groups in total. The first kappa shape index (κ1) is 15.5. The third kappa shape index (κ3) is 4.86. The monoisotopic (exact) mass is 306 g/mol. The first-order valence-electron chi connectivity index (χ1n) is 7.05. The van der Waals surface area contributed by atoms with Gasteiger partial charge in [-0.1, -0.05) is 13.8 Å². The van der Waals surface area contributed by atoms with Crippen LogP contribution >= 0.6 is 11.3 Å². The molecule has 21 heavy (non-hydrogen) atoms. The van der Waals surface area contributed by atoms with Gasteiger partial charge in [0, 0.05) is 31.4 Å². The summed E-state index contributed by atoms with van der Waals surface area (Å²) in [5.74, 6) is 1.25. The van der Waals surface area contributed by atoms with Crippen LogP contribution in [0.4, 0.5) is 0 Å². The number of nitrogens with one attached hydrogen (secondary N) is 2. The van der Waals surface area contributed by atoms with Crippen LogP contribution in [0.2, 0.25) is 0 Å². The molecule has 0 aliphatic carbocycles. The second-order valence-electron chi connectivity index (χ2n) is 4.94. The molecule has 0 bridgehead atoms. The minimum atomic E-state index is 0.474. The molecule has 0 radical (unpaired) electrons. The number of nitrogens with zero attached hydrogens (tertiary/aromatic N) is 4. The molecule has 2 aromatic heterocycles. The van der Waals surface area contributed by atoms with Gasteiger partial charge in [0.25, 0.3) is 0 Å². The van der Waals surface area contributed by atoms with E-state index in [1.807, 2.05) is 16.9 Å². The zero-order chi connectivity index (χ0) is 15.1. The van der Waals surface area contributed by atoms with Crippen molar-refractivity contribution >= 4 is 17.3 Å². The van der Waals surface area contributed by atoms with Crippen molar-refractivity contribution in [3.8, 4) is 0 Å². The molecule has 2 rings (SSSR count). The lowest BCUT2D eigenvalue weighted by Gasteiger charge is -2.10. The van der Waals surface area contributed by atoms with Gasteiger partial charge in [-0.15, -0.1) is 11.3 Å². The summed E-state index contributed by atoms with van der Waals surface area (Å²) in [4.78, 5) is 8.80. The molecule has 0 atom stereocenters. The molecule has 0 fully saturated rings. The van der Waals surface area contributed by atoms with E-state index in [1.54, 1.807) is 24.6 Å². The Labute approximate surface area is 129 Å². The molecular formula is C14H22N6S. The average Bonchev–Trinajstić information content (AvgIpc) is 3.13. The Balaban J connectivity index is 1.74. The summed E-state index contributed by atoms with van der Waals surface area (Å²) in [6.07, 6.45) is 3.72. The molecule has 0 amide bonds. The number of guanidine groups is 1. The van der Waals surface area contributed by atoms with Crippen LogP contribution in [0.5, 0.6) is 0 Å². The maximum atomic E-state index is 4.60. The molecule has 0 saturated carbocycles. The van der Waals surface area contributed by atoms with E-state index in [-0.39, 0.29) is 0 Å². The number of aromatic nitrogens is 3. The van der Waals surface area contributed by atoms with E-state index in [4.69, 9.17) is 0 Å². The van der Waals surface area contributed by atoms with Crippen molar-refractivity contribution in [1.29, 1.82) is 0 Å². The second kappa shape index (κ2) is 7.78. The fourth-order valence-corrected chi connectivity index (χ4v) is 2.67. The molecule has 114 valence electrons. The topological polar surface area (TPSA) is 67.1 Å². The van der Waals surface area contributed by atoms with E-state index < -0.39 is 0 Å². The Bertz CT molecular complexity index is 558. The Hall–Kier alpha value is -1.89. The number of aliphatic imine (C=N–C) groups is 1. The third-order valence-electron chi connectivity index (χ3n) is 2.98. The zero-order valence-corrected chi connectivity index (χ0v) is 13.5. The highest BCUT2D eigenvalue weighted by Crippen LogP contribution is 2.17. The van der Waals surface area contributed by atoms with Gasteiger partial charge in [-0.05, 0) is 12.0 Å². The highest BCUT2D eigenvalue weighted by molar-refractivity contribution is 7.09. The molecule has 0 unspecified atom stereocenters. The number of hydrogen-bond acceptors (Lipinski definition) is 4. The molecular weight excluding hydrogens is 284 g/mol. The van der Waals surface area contributed by atoms with Crippen LogP contribution < -0.4 is 10.6 Å². The van der Waals surface area contributed by atoms with Gasteiger partial charge >= 0.3 is 0 Å². The van der Waals surface area contributed by atoms with Gasteiger partial charge in [0.05, 0.1) is 18.8 Å². The quantitative estimate of drug-likeness (QED) is 0.631. The summed E-state index contributed by atoms with van der Waals surface area (Å²) in [5.41, 5.74) is 1.15. The van der Waals surface area contributed by atoms with Gasteiger partial charge < -0.3 is 10.6 Å². The van der Waals surface area contributed by atoms with Crippen LogP contribution in [-0.4, -0.2) is 34.3 Å². The van der Waals surface area contributed by atoms with Crippen molar-refractivity contribution < 1.29 is 0 Å². The van der Waals surface area contributed by atoms with Crippen LogP contribution in [0.3, 0.4) is 0 Å². The maximum absolute atomic E-state index is 4.60. The standard InChI is InChI=1S/C14H22N6S/c1-11(2)12-10-21-13(19-12)9-17-14(15-3)16-6-8-20-7-4-5-18-20/h4-5,7,10-11H,6,8-9H2,1-3H3,(H2,15,16,17). The SMILES string of the molecule is CN=C(NCCn1cccn1)NCc1nc(C(C)C)cs1. The zero-order valence-electron chi connectivity index (χ0n) is 12.7. The first-order chi connectivity index (χ1) is 10.2. The number of thiazole rings is 1. The van der Waals surface area contributed by atoms with Gasteiger partial charge in [-0.2, -0.15) is 5.10 Å². The fourth-order valence-electron chi connectivity index (χ4n) is 1.77. The molecule has 0 spiro atoms. The van der Waals surface area contributed by atoms with Gasteiger partial charge in [0.1, 0.15) is 5.01 Å². The van der Waals surface area contributed by atoms with Crippen molar-refractivity contribution in [1.82, 2.24) is 25.4 Å². The van der Waals surface area contributed by atoms with Gasteiger partial charge in [-0.3, -0.25) is 9.67 Å². The molecule has 2 heterocycles. The minimum absolute atomic E-state index is 0.474. The molecule has 7 heteroatoms. The van der Waals surface area contributed by atoms with Gasteiger partial charge in [0.2, 0.25) is 0 Å². The van der Waals surface area contributed by atoms with Crippen LogP contribution in [0.1, 0.15) is 30.5 Å². The van der Waals surface area contributed by atoms with Crippen molar-refractivity contribution in [3.05, 3.63) is 34.5 Å². The van der Waals surface area contributed by atoms with Gasteiger partial charge in [0.15, 0.2) is 5.96 Å². The van der Waals surface area contributed by atoms with Crippen LogP contribution in [0.15, 0.2) is 28.8 Å². The van der Waals surface area contributed by atoms with E-state index >= 15 is 0 Å². The lowest BCUT2D eigenvalue weighted by molar-refractivity contribution is 0.597. The summed E-state index contributed by atoms with van der Waals surface area (Å²) in [6, 6.07) is 1.92. The summed E-state index contributed by atoms with van der Waals surface area (Å²) < 4.78 is 1.88. The molecule has 0 aromatic carbocycles.